The SMILES string of the molecule is C#CCNC(=O)Cc1nc[nH]c1C. The van der Waals surface area contributed by atoms with Crippen LogP contribution in [-0.4, -0.2) is 22.4 Å². The number of carbonyl (C=O) groups excluding carboxylic acids is 1. The van der Waals surface area contributed by atoms with E-state index >= 15 is 0 Å². The molecule has 1 rings (SSSR count). The number of aromatic nitrogens is 2. The topological polar surface area (TPSA) is 57.8 Å². The van der Waals surface area contributed by atoms with E-state index in [9.17, 15) is 4.79 Å². The average molecular weight is 177 g/mol. The molecule has 0 spiro atoms. The quantitative estimate of drug-likeness (QED) is 0.639. The first-order valence-corrected chi connectivity index (χ1v) is 3.93. The lowest BCUT2D eigenvalue weighted by Crippen LogP contribution is -2.25. The summed E-state index contributed by atoms with van der Waals surface area (Å²) in [5, 5.41) is 2.57. The van der Waals surface area contributed by atoms with Crippen LogP contribution < -0.4 is 5.32 Å². The molecule has 0 radical (unpaired) electrons. The van der Waals surface area contributed by atoms with Crippen LogP contribution >= 0.6 is 0 Å². The maximum Gasteiger partial charge on any atom is 0.226 e. The zero-order valence-electron chi connectivity index (χ0n) is 7.42. The minimum Gasteiger partial charge on any atom is -0.348 e. The van der Waals surface area contributed by atoms with E-state index in [1.165, 1.54) is 0 Å². The van der Waals surface area contributed by atoms with E-state index in [-0.39, 0.29) is 18.9 Å². The summed E-state index contributed by atoms with van der Waals surface area (Å²) < 4.78 is 0. The minimum atomic E-state index is -0.104. The molecule has 4 nitrogen and oxygen atoms in total. The Bertz CT molecular complexity index is 335. The number of carbonyl (C=O) groups is 1. The van der Waals surface area contributed by atoms with Crippen LogP contribution in [0.3, 0.4) is 0 Å². The fourth-order valence-corrected chi connectivity index (χ4v) is 0.930. The molecule has 2 N–H and O–H groups in total. The molecule has 0 fully saturated rings. The summed E-state index contributed by atoms with van der Waals surface area (Å²) in [6.07, 6.45) is 6.84. The maximum atomic E-state index is 11.2. The molecule has 0 bridgehead atoms. The number of nitrogens with zero attached hydrogens (tertiary/aromatic N) is 1. The van der Waals surface area contributed by atoms with Crippen molar-refractivity contribution in [2.24, 2.45) is 0 Å². The molecule has 0 aromatic carbocycles. The van der Waals surface area contributed by atoms with E-state index in [2.05, 4.69) is 21.2 Å². The van der Waals surface area contributed by atoms with Gasteiger partial charge in [-0.3, -0.25) is 4.79 Å². The van der Waals surface area contributed by atoms with E-state index in [1.807, 2.05) is 6.92 Å². The Hall–Kier alpha value is -1.76. The fraction of sp³-hybridized carbons (Fsp3) is 0.333. The maximum absolute atomic E-state index is 11.2. The lowest BCUT2D eigenvalue weighted by molar-refractivity contribution is -0.120. The summed E-state index contributed by atoms with van der Waals surface area (Å²) in [4.78, 5) is 18.1. The third kappa shape index (κ3) is 2.64. The standard InChI is InChI=1S/C9H11N3O/c1-3-4-10-9(13)5-8-7(2)11-6-12-8/h1,6H,4-5H2,2H3,(H,10,13)(H,11,12). The van der Waals surface area contributed by atoms with Crippen molar-refractivity contribution < 1.29 is 4.79 Å². The number of amides is 1. The first-order valence-electron chi connectivity index (χ1n) is 3.93. The summed E-state index contributed by atoms with van der Waals surface area (Å²) in [5.74, 6) is 2.23. The minimum absolute atomic E-state index is 0.104. The molecule has 0 saturated carbocycles. The second-order valence-electron chi connectivity index (χ2n) is 2.63. The predicted molar refractivity (Wildman–Crippen MR) is 48.9 cm³/mol. The van der Waals surface area contributed by atoms with Gasteiger partial charge in [0.1, 0.15) is 0 Å². The van der Waals surface area contributed by atoms with Crippen molar-refractivity contribution in [1.82, 2.24) is 15.3 Å². The Balaban J connectivity index is 2.46. The number of H-pyrrole nitrogens is 1. The molecule has 1 heterocycles. The van der Waals surface area contributed by atoms with Crippen LogP contribution in [0.1, 0.15) is 11.4 Å². The summed E-state index contributed by atoms with van der Waals surface area (Å²) in [7, 11) is 0. The highest BCUT2D eigenvalue weighted by Gasteiger charge is 2.06. The number of hydrogen-bond donors (Lipinski definition) is 2. The lowest BCUT2D eigenvalue weighted by atomic mass is 10.2. The van der Waals surface area contributed by atoms with Gasteiger partial charge in [0.25, 0.3) is 0 Å². The van der Waals surface area contributed by atoms with Crippen LogP contribution in [0.25, 0.3) is 0 Å². The highest BCUT2D eigenvalue weighted by molar-refractivity contribution is 5.78. The molecule has 1 amide bonds. The number of hydrogen-bond acceptors (Lipinski definition) is 2. The number of rotatable bonds is 3. The van der Waals surface area contributed by atoms with Crippen molar-refractivity contribution in [2.45, 2.75) is 13.3 Å². The molecule has 0 aliphatic heterocycles. The highest BCUT2D eigenvalue weighted by atomic mass is 16.1. The van der Waals surface area contributed by atoms with Gasteiger partial charge in [-0.15, -0.1) is 6.42 Å². The Morgan fingerprint density at radius 3 is 3.15 bits per heavy atom. The lowest BCUT2D eigenvalue weighted by Gasteiger charge is -1.99. The Morgan fingerprint density at radius 1 is 1.85 bits per heavy atom. The summed E-state index contributed by atoms with van der Waals surface area (Å²) in [6, 6.07) is 0. The normalized spacial score (nSPS) is 9.23. The van der Waals surface area contributed by atoms with Crippen molar-refractivity contribution in [3.63, 3.8) is 0 Å². The Labute approximate surface area is 76.8 Å². The summed E-state index contributed by atoms with van der Waals surface area (Å²) >= 11 is 0. The number of nitrogens with one attached hydrogen (secondary N) is 2. The molecular weight excluding hydrogens is 166 g/mol. The molecule has 0 aliphatic rings. The molecule has 1 aromatic heterocycles. The monoisotopic (exact) mass is 177 g/mol. The zero-order chi connectivity index (χ0) is 9.68. The molecule has 0 atom stereocenters. The second kappa shape index (κ2) is 4.31. The van der Waals surface area contributed by atoms with Gasteiger partial charge in [-0.05, 0) is 6.92 Å². The first kappa shape index (κ1) is 9.33. The van der Waals surface area contributed by atoms with E-state index < -0.39 is 0 Å². The van der Waals surface area contributed by atoms with Gasteiger partial charge in [-0.1, -0.05) is 5.92 Å². The molecule has 1 aromatic rings. The average Bonchev–Trinajstić information content (AvgIpc) is 2.48. The van der Waals surface area contributed by atoms with E-state index in [0.717, 1.165) is 11.4 Å². The Morgan fingerprint density at radius 2 is 2.62 bits per heavy atom. The van der Waals surface area contributed by atoms with Crippen molar-refractivity contribution in [2.75, 3.05) is 6.54 Å². The molecule has 0 saturated heterocycles. The summed E-state index contributed by atoms with van der Waals surface area (Å²) in [6.45, 7) is 2.14. The molecule has 68 valence electrons. The molecule has 0 aliphatic carbocycles. The predicted octanol–water partition coefficient (Wildman–Crippen LogP) is 0.0100. The van der Waals surface area contributed by atoms with Gasteiger partial charge in [0.05, 0.1) is 25.0 Å². The van der Waals surface area contributed by atoms with Gasteiger partial charge < -0.3 is 10.3 Å². The van der Waals surface area contributed by atoms with Crippen LogP contribution in [0.15, 0.2) is 6.33 Å². The van der Waals surface area contributed by atoms with Gasteiger partial charge in [0, 0.05) is 5.69 Å². The van der Waals surface area contributed by atoms with Crippen LogP contribution in [0.2, 0.25) is 0 Å². The highest BCUT2D eigenvalue weighted by Crippen LogP contribution is 2.00. The summed E-state index contributed by atoms with van der Waals surface area (Å²) in [5.41, 5.74) is 1.67. The van der Waals surface area contributed by atoms with Gasteiger partial charge in [-0.25, -0.2) is 4.98 Å². The van der Waals surface area contributed by atoms with E-state index in [0.29, 0.717) is 0 Å². The van der Waals surface area contributed by atoms with Crippen molar-refractivity contribution in [1.29, 1.82) is 0 Å². The smallest absolute Gasteiger partial charge is 0.226 e. The second-order valence-corrected chi connectivity index (χ2v) is 2.63. The number of terminal acetylenes is 1. The van der Waals surface area contributed by atoms with E-state index in [4.69, 9.17) is 6.42 Å². The van der Waals surface area contributed by atoms with Crippen LogP contribution in [-0.2, 0) is 11.2 Å². The van der Waals surface area contributed by atoms with E-state index in [1.54, 1.807) is 6.33 Å². The van der Waals surface area contributed by atoms with Crippen molar-refractivity contribution in [3.8, 4) is 12.3 Å². The third-order valence-electron chi connectivity index (χ3n) is 1.65. The van der Waals surface area contributed by atoms with Crippen LogP contribution in [0.5, 0.6) is 0 Å². The molecular formula is C9H11N3O. The van der Waals surface area contributed by atoms with Gasteiger partial charge in [0.2, 0.25) is 5.91 Å². The zero-order valence-corrected chi connectivity index (χ0v) is 7.42. The molecule has 4 heteroatoms. The van der Waals surface area contributed by atoms with Gasteiger partial charge in [-0.2, -0.15) is 0 Å². The van der Waals surface area contributed by atoms with Gasteiger partial charge in [0.15, 0.2) is 0 Å². The van der Waals surface area contributed by atoms with Gasteiger partial charge >= 0.3 is 0 Å². The molecule has 13 heavy (non-hydrogen) atoms. The third-order valence-corrected chi connectivity index (χ3v) is 1.65. The van der Waals surface area contributed by atoms with Crippen LogP contribution in [0.4, 0.5) is 0 Å². The first-order chi connectivity index (χ1) is 6.24. The number of aromatic amines is 1. The fourth-order valence-electron chi connectivity index (χ4n) is 0.930. The number of aryl methyl sites for hydroxylation is 1. The van der Waals surface area contributed by atoms with Crippen molar-refractivity contribution in [3.05, 3.63) is 17.7 Å². The largest absolute Gasteiger partial charge is 0.348 e. The van der Waals surface area contributed by atoms with Crippen molar-refractivity contribution >= 4 is 5.91 Å². The Kier molecular flexibility index (Phi) is 3.09. The van der Waals surface area contributed by atoms with Crippen LogP contribution in [0, 0.1) is 19.3 Å². The number of imidazole rings is 1. The molecule has 0 unspecified atom stereocenters.